The van der Waals surface area contributed by atoms with E-state index in [0.29, 0.717) is 43.1 Å². The molecule has 0 unspecified atom stereocenters. The first-order valence-corrected chi connectivity index (χ1v) is 6.84. The van der Waals surface area contributed by atoms with Crippen molar-refractivity contribution >= 4 is 11.9 Å². The Labute approximate surface area is 122 Å². The Hall–Kier alpha value is -2.02. The molecule has 7 nitrogen and oxygen atoms in total. The maximum absolute atomic E-state index is 12.2. The van der Waals surface area contributed by atoms with Crippen molar-refractivity contribution < 1.29 is 19.4 Å². The van der Waals surface area contributed by atoms with E-state index in [0.717, 1.165) is 0 Å². The van der Waals surface area contributed by atoms with Gasteiger partial charge in [0, 0.05) is 26.0 Å². The number of aryl methyl sites for hydroxylation is 2. The minimum absolute atomic E-state index is 0.0812. The molecule has 0 spiro atoms. The highest BCUT2D eigenvalue weighted by molar-refractivity contribution is 5.95. The summed E-state index contributed by atoms with van der Waals surface area (Å²) >= 11 is 0. The standard InChI is InChI=1S/C14H19N3O4/c1-9-11(7-15-10(2)17-9)12(18)16-8-14(13(19)20)3-5-21-6-4-14/h7H,3-6,8H2,1-2H3,(H,16,18)(H,19,20). The van der Waals surface area contributed by atoms with Crippen LogP contribution in [0.15, 0.2) is 6.20 Å². The molecule has 7 heteroatoms. The number of nitrogens with zero attached hydrogens (tertiary/aromatic N) is 2. The molecule has 1 fully saturated rings. The summed E-state index contributed by atoms with van der Waals surface area (Å²) in [7, 11) is 0. The zero-order valence-corrected chi connectivity index (χ0v) is 12.2. The maximum atomic E-state index is 12.2. The summed E-state index contributed by atoms with van der Waals surface area (Å²) in [5.41, 5.74) is -0.00236. The van der Waals surface area contributed by atoms with Crippen molar-refractivity contribution in [2.45, 2.75) is 26.7 Å². The highest BCUT2D eigenvalue weighted by Crippen LogP contribution is 2.30. The number of rotatable bonds is 4. The number of nitrogens with one attached hydrogen (secondary N) is 1. The van der Waals surface area contributed by atoms with Crippen molar-refractivity contribution in [1.82, 2.24) is 15.3 Å². The lowest BCUT2D eigenvalue weighted by atomic mass is 9.80. The summed E-state index contributed by atoms with van der Waals surface area (Å²) in [5.74, 6) is -0.655. The van der Waals surface area contributed by atoms with Gasteiger partial charge in [0.2, 0.25) is 0 Å². The Morgan fingerprint density at radius 2 is 2.05 bits per heavy atom. The summed E-state index contributed by atoms with van der Waals surface area (Å²) in [5, 5.41) is 12.1. The Kier molecular flexibility index (Phi) is 4.52. The zero-order chi connectivity index (χ0) is 15.5. The number of aromatic nitrogens is 2. The molecular formula is C14H19N3O4. The SMILES string of the molecule is Cc1ncc(C(=O)NCC2(C(=O)O)CCOCC2)c(C)n1. The molecule has 0 bridgehead atoms. The average molecular weight is 293 g/mol. The Morgan fingerprint density at radius 1 is 1.38 bits per heavy atom. The van der Waals surface area contributed by atoms with Crippen molar-refractivity contribution in [2.24, 2.45) is 5.41 Å². The first-order valence-electron chi connectivity index (χ1n) is 6.84. The number of carbonyl (C=O) groups is 2. The van der Waals surface area contributed by atoms with Crippen LogP contribution in [0.3, 0.4) is 0 Å². The average Bonchev–Trinajstić information content (AvgIpc) is 2.45. The summed E-state index contributed by atoms with van der Waals surface area (Å²) < 4.78 is 5.20. The van der Waals surface area contributed by atoms with Crippen LogP contribution in [0.25, 0.3) is 0 Å². The maximum Gasteiger partial charge on any atom is 0.311 e. The van der Waals surface area contributed by atoms with E-state index in [1.54, 1.807) is 13.8 Å². The van der Waals surface area contributed by atoms with Gasteiger partial charge in [-0.05, 0) is 26.7 Å². The van der Waals surface area contributed by atoms with Crippen LogP contribution in [-0.2, 0) is 9.53 Å². The lowest BCUT2D eigenvalue weighted by molar-refractivity contribution is -0.154. The molecule has 2 N–H and O–H groups in total. The largest absolute Gasteiger partial charge is 0.481 e. The number of amides is 1. The fourth-order valence-electron chi connectivity index (χ4n) is 2.38. The van der Waals surface area contributed by atoms with Gasteiger partial charge in [0.15, 0.2) is 0 Å². The zero-order valence-electron chi connectivity index (χ0n) is 12.2. The molecule has 1 aromatic rings. The molecule has 1 aliphatic heterocycles. The van der Waals surface area contributed by atoms with E-state index in [2.05, 4.69) is 15.3 Å². The predicted octanol–water partition coefficient (Wildman–Crippen LogP) is 0.705. The quantitative estimate of drug-likeness (QED) is 0.847. The molecule has 2 rings (SSSR count). The second kappa shape index (κ2) is 6.17. The Bertz CT molecular complexity index is 553. The fourth-order valence-corrected chi connectivity index (χ4v) is 2.38. The van der Waals surface area contributed by atoms with E-state index < -0.39 is 11.4 Å². The second-order valence-electron chi connectivity index (χ2n) is 5.30. The van der Waals surface area contributed by atoms with E-state index >= 15 is 0 Å². The van der Waals surface area contributed by atoms with E-state index in [-0.39, 0.29) is 12.5 Å². The number of hydrogen-bond donors (Lipinski definition) is 2. The van der Waals surface area contributed by atoms with Crippen LogP contribution in [0.5, 0.6) is 0 Å². The molecule has 0 radical (unpaired) electrons. The third kappa shape index (κ3) is 3.36. The first-order chi connectivity index (χ1) is 9.94. The lowest BCUT2D eigenvalue weighted by Gasteiger charge is -2.33. The molecule has 2 heterocycles. The lowest BCUT2D eigenvalue weighted by Crippen LogP contribution is -2.46. The highest BCUT2D eigenvalue weighted by atomic mass is 16.5. The number of carbonyl (C=O) groups excluding carboxylic acids is 1. The van der Waals surface area contributed by atoms with E-state index in [1.165, 1.54) is 6.20 Å². The molecule has 0 aromatic carbocycles. The second-order valence-corrected chi connectivity index (χ2v) is 5.30. The van der Waals surface area contributed by atoms with Crippen LogP contribution in [0.4, 0.5) is 0 Å². The minimum atomic E-state index is -0.951. The summed E-state index contributed by atoms with van der Waals surface area (Å²) in [6, 6.07) is 0. The molecule has 0 aliphatic carbocycles. The number of carboxylic acids is 1. The van der Waals surface area contributed by atoms with Crippen LogP contribution < -0.4 is 5.32 Å². The predicted molar refractivity (Wildman–Crippen MR) is 74.0 cm³/mol. The molecule has 0 saturated carbocycles. The van der Waals surface area contributed by atoms with E-state index in [4.69, 9.17) is 4.74 Å². The van der Waals surface area contributed by atoms with Crippen molar-refractivity contribution in [2.75, 3.05) is 19.8 Å². The van der Waals surface area contributed by atoms with Gasteiger partial charge < -0.3 is 15.2 Å². The molecule has 21 heavy (non-hydrogen) atoms. The normalized spacial score (nSPS) is 17.2. The smallest absolute Gasteiger partial charge is 0.311 e. The van der Waals surface area contributed by atoms with Gasteiger partial charge in [-0.3, -0.25) is 9.59 Å². The van der Waals surface area contributed by atoms with Gasteiger partial charge in [0.25, 0.3) is 5.91 Å². The summed E-state index contributed by atoms with van der Waals surface area (Å²) in [4.78, 5) is 31.8. The first kappa shape index (κ1) is 15.4. The minimum Gasteiger partial charge on any atom is -0.481 e. The van der Waals surface area contributed by atoms with Crippen molar-refractivity contribution in [3.05, 3.63) is 23.3 Å². The van der Waals surface area contributed by atoms with Gasteiger partial charge in [-0.2, -0.15) is 0 Å². The van der Waals surface area contributed by atoms with Gasteiger partial charge in [0.1, 0.15) is 5.82 Å². The number of ether oxygens (including phenoxy) is 1. The fraction of sp³-hybridized carbons (Fsp3) is 0.571. The topological polar surface area (TPSA) is 101 Å². The van der Waals surface area contributed by atoms with Crippen molar-refractivity contribution in [3.8, 4) is 0 Å². The molecule has 1 aromatic heterocycles. The van der Waals surface area contributed by atoms with Crippen LogP contribution in [0, 0.1) is 19.3 Å². The van der Waals surface area contributed by atoms with Crippen LogP contribution in [-0.4, -0.2) is 46.7 Å². The highest BCUT2D eigenvalue weighted by Gasteiger charge is 2.40. The van der Waals surface area contributed by atoms with E-state index in [9.17, 15) is 14.7 Å². The summed E-state index contributed by atoms with van der Waals surface area (Å²) in [6.07, 6.45) is 2.25. The molecule has 1 aliphatic rings. The van der Waals surface area contributed by atoms with Crippen LogP contribution >= 0.6 is 0 Å². The molecule has 0 atom stereocenters. The summed E-state index contributed by atoms with van der Waals surface area (Å²) in [6.45, 7) is 4.35. The van der Waals surface area contributed by atoms with Crippen LogP contribution in [0.2, 0.25) is 0 Å². The third-order valence-corrected chi connectivity index (χ3v) is 3.84. The number of carboxylic acid groups (broad SMARTS) is 1. The molecule has 1 saturated heterocycles. The van der Waals surface area contributed by atoms with Gasteiger partial charge in [0.05, 0.1) is 16.7 Å². The third-order valence-electron chi connectivity index (χ3n) is 3.84. The molecule has 1 amide bonds. The van der Waals surface area contributed by atoms with Gasteiger partial charge in [-0.1, -0.05) is 0 Å². The van der Waals surface area contributed by atoms with Crippen molar-refractivity contribution in [1.29, 1.82) is 0 Å². The Morgan fingerprint density at radius 3 is 2.62 bits per heavy atom. The number of aliphatic carboxylic acids is 1. The monoisotopic (exact) mass is 293 g/mol. The van der Waals surface area contributed by atoms with Gasteiger partial charge in [-0.15, -0.1) is 0 Å². The molecular weight excluding hydrogens is 274 g/mol. The van der Waals surface area contributed by atoms with Gasteiger partial charge in [-0.25, -0.2) is 9.97 Å². The Balaban J connectivity index is 2.07. The van der Waals surface area contributed by atoms with Crippen molar-refractivity contribution in [3.63, 3.8) is 0 Å². The van der Waals surface area contributed by atoms with Crippen LogP contribution in [0.1, 0.15) is 34.7 Å². The number of hydrogen-bond acceptors (Lipinski definition) is 5. The van der Waals surface area contributed by atoms with E-state index in [1.807, 2.05) is 0 Å². The van der Waals surface area contributed by atoms with Gasteiger partial charge >= 0.3 is 5.97 Å². The molecule has 114 valence electrons.